The molecule has 1 aromatic carbocycles. The van der Waals surface area contributed by atoms with Gasteiger partial charge in [-0.05, 0) is 31.4 Å². The fraction of sp³-hybridized carbons (Fsp3) is 0.429. The van der Waals surface area contributed by atoms with Gasteiger partial charge >= 0.3 is 0 Å². The lowest BCUT2D eigenvalue weighted by Crippen LogP contribution is -2.35. The van der Waals surface area contributed by atoms with Crippen molar-refractivity contribution in [2.75, 3.05) is 13.2 Å². The van der Waals surface area contributed by atoms with Crippen LogP contribution < -0.4 is 11.1 Å². The number of nitrogens with two attached hydrogens (primary N) is 1. The normalized spacial score (nSPS) is 18.8. The van der Waals surface area contributed by atoms with E-state index in [1.54, 1.807) is 24.3 Å². The Morgan fingerprint density at radius 3 is 2.58 bits per heavy atom. The molecule has 1 amide bonds. The summed E-state index contributed by atoms with van der Waals surface area (Å²) in [4.78, 5) is 12.3. The number of rotatable bonds is 4. The van der Waals surface area contributed by atoms with E-state index in [4.69, 9.17) is 22.7 Å². The van der Waals surface area contributed by atoms with Gasteiger partial charge in [-0.15, -0.1) is 0 Å². The summed E-state index contributed by atoms with van der Waals surface area (Å²) in [5, 5.41) is 2.89. The molecule has 1 atom stereocenters. The second-order valence-electron chi connectivity index (χ2n) is 4.64. The predicted octanol–water partition coefficient (Wildman–Crippen LogP) is 1.62. The average Bonchev–Trinajstić information content (AvgIpc) is 2.46. The summed E-state index contributed by atoms with van der Waals surface area (Å²) < 4.78 is 5.57. The molecule has 19 heavy (non-hydrogen) atoms. The maximum absolute atomic E-state index is 11.9. The van der Waals surface area contributed by atoms with Gasteiger partial charge in [0, 0.05) is 24.3 Å². The maximum atomic E-state index is 11.9. The Bertz CT molecular complexity index is 453. The fourth-order valence-electron chi connectivity index (χ4n) is 2.06. The Labute approximate surface area is 118 Å². The van der Waals surface area contributed by atoms with Crippen LogP contribution in [0.25, 0.3) is 0 Å². The number of carbonyl (C=O) groups excluding carboxylic acids is 1. The van der Waals surface area contributed by atoms with Gasteiger partial charge in [-0.3, -0.25) is 4.79 Å². The highest BCUT2D eigenvalue weighted by molar-refractivity contribution is 7.80. The Kier molecular flexibility index (Phi) is 4.87. The number of amides is 1. The van der Waals surface area contributed by atoms with Gasteiger partial charge in [0.2, 0.25) is 0 Å². The van der Waals surface area contributed by atoms with Crippen LogP contribution >= 0.6 is 12.2 Å². The quantitative estimate of drug-likeness (QED) is 0.822. The van der Waals surface area contributed by atoms with Crippen LogP contribution in [0.3, 0.4) is 0 Å². The lowest BCUT2D eigenvalue weighted by molar-refractivity contribution is 0.0169. The zero-order chi connectivity index (χ0) is 13.7. The van der Waals surface area contributed by atoms with Crippen molar-refractivity contribution < 1.29 is 9.53 Å². The van der Waals surface area contributed by atoms with Gasteiger partial charge in [0.1, 0.15) is 4.99 Å². The highest BCUT2D eigenvalue weighted by Gasteiger charge is 2.15. The monoisotopic (exact) mass is 278 g/mol. The van der Waals surface area contributed by atoms with Crippen molar-refractivity contribution >= 4 is 23.1 Å². The van der Waals surface area contributed by atoms with E-state index in [1.807, 2.05) is 0 Å². The first-order valence-corrected chi connectivity index (χ1v) is 6.87. The first kappa shape index (κ1) is 14.0. The van der Waals surface area contributed by atoms with Crippen molar-refractivity contribution in [3.8, 4) is 0 Å². The molecule has 3 N–H and O–H groups in total. The van der Waals surface area contributed by atoms with Gasteiger partial charge in [0.15, 0.2) is 0 Å². The number of benzene rings is 1. The van der Waals surface area contributed by atoms with E-state index < -0.39 is 0 Å². The predicted molar refractivity (Wildman–Crippen MR) is 78.3 cm³/mol. The van der Waals surface area contributed by atoms with Crippen molar-refractivity contribution in [1.29, 1.82) is 0 Å². The summed E-state index contributed by atoms with van der Waals surface area (Å²) in [6.07, 6.45) is 3.45. The number of carbonyl (C=O) groups is 1. The molecule has 0 saturated carbocycles. The lowest BCUT2D eigenvalue weighted by Gasteiger charge is -2.22. The molecule has 0 bridgehead atoms. The van der Waals surface area contributed by atoms with Gasteiger partial charge in [-0.25, -0.2) is 0 Å². The Morgan fingerprint density at radius 2 is 2.00 bits per heavy atom. The van der Waals surface area contributed by atoms with Crippen LogP contribution in [0.2, 0.25) is 0 Å². The summed E-state index contributed by atoms with van der Waals surface area (Å²) in [7, 11) is 0. The molecular weight excluding hydrogens is 260 g/mol. The highest BCUT2D eigenvalue weighted by Crippen LogP contribution is 2.12. The van der Waals surface area contributed by atoms with E-state index in [9.17, 15) is 4.79 Å². The topological polar surface area (TPSA) is 64.4 Å². The number of thiocarbonyl (C=S) groups is 1. The third-order valence-electron chi connectivity index (χ3n) is 3.20. The fourth-order valence-corrected chi connectivity index (χ4v) is 2.20. The molecule has 0 aromatic heterocycles. The van der Waals surface area contributed by atoms with Gasteiger partial charge < -0.3 is 15.8 Å². The number of ether oxygens (including phenoxy) is 1. The van der Waals surface area contributed by atoms with Crippen molar-refractivity contribution in [2.45, 2.75) is 25.4 Å². The lowest BCUT2D eigenvalue weighted by atomic mass is 10.1. The van der Waals surface area contributed by atoms with Crippen LogP contribution in [0.5, 0.6) is 0 Å². The third kappa shape index (κ3) is 4.01. The van der Waals surface area contributed by atoms with Gasteiger partial charge in [-0.1, -0.05) is 24.4 Å². The molecule has 1 unspecified atom stereocenters. The van der Waals surface area contributed by atoms with E-state index >= 15 is 0 Å². The first-order chi connectivity index (χ1) is 9.16. The molecule has 1 aliphatic heterocycles. The van der Waals surface area contributed by atoms with Gasteiger partial charge in [-0.2, -0.15) is 0 Å². The molecule has 1 heterocycles. The third-order valence-corrected chi connectivity index (χ3v) is 3.43. The smallest absolute Gasteiger partial charge is 0.251 e. The van der Waals surface area contributed by atoms with Crippen LogP contribution in [0, 0.1) is 0 Å². The number of hydrogen-bond donors (Lipinski definition) is 2. The zero-order valence-electron chi connectivity index (χ0n) is 10.7. The van der Waals surface area contributed by atoms with Gasteiger partial charge in [0.05, 0.1) is 6.10 Å². The van der Waals surface area contributed by atoms with E-state index in [-0.39, 0.29) is 12.0 Å². The summed E-state index contributed by atoms with van der Waals surface area (Å²) >= 11 is 4.87. The van der Waals surface area contributed by atoms with Crippen molar-refractivity contribution in [1.82, 2.24) is 5.32 Å². The van der Waals surface area contributed by atoms with E-state index in [2.05, 4.69) is 5.32 Å². The van der Waals surface area contributed by atoms with E-state index in [0.717, 1.165) is 25.0 Å². The minimum Gasteiger partial charge on any atom is -0.389 e. The molecule has 4 nitrogen and oxygen atoms in total. The average molecular weight is 278 g/mol. The molecule has 1 saturated heterocycles. The molecule has 0 spiro atoms. The molecule has 102 valence electrons. The van der Waals surface area contributed by atoms with Crippen LogP contribution in [0.15, 0.2) is 24.3 Å². The standard InChI is InChI=1S/C14H18N2O2S/c15-13(19)10-4-6-11(7-5-10)14(17)16-9-12-3-1-2-8-18-12/h4-7,12H,1-3,8-9H2,(H2,15,19)(H,16,17). The van der Waals surface area contributed by atoms with E-state index in [0.29, 0.717) is 17.1 Å². The Hall–Kier alpha value is -1.46. The molecular formula is C14H18N2O2S. The SMILES string of the molecule is NC(=S)c1ccc(C(=O)NCC2CCCCO2)cc1. The van der Waals surface area contributed by atoms with Crippen LogP contribution in [0.4, 0.5) is 0 Å². The molecule has 0 radical (unpaired) electrons. The van der Waals surface area contributed by atoms with E-state index in [1.165, 1.54) is 6.42 Å². The zero-order valence-corrected chi connectivity index (χ0v) is 11.5. The minimum atomic E-state index is -0.0938. The van der Waals surface area contributed by atoms with Crippen molar-refractivity contribution in [3.05, 3.63) is 35.4 Å². The van der Waals surface area contributed by atoms with Crippen LogP contribution in [-0.2, 0) is 4.74 Å². The molecule has 1 aliphatic rings. The molecule has 5 heteroatoms. The minimum absolute atomic E-state index is 0.0938. The second-order valence-corrected chi connectivity index (χ2v) is 5.08. The Morgan fingerprint density at radius 1 is 1.32 bits per heavy atom. The summed E-state index contributed by atoms with van der Waals surface area (Å²) in [6, 6.07) is 6.97. The maximum Gasteiger partial charge on any atom is 0.251 e. The molecule has 1 fully saturated rings. The first-order valence-electron chi connectivity index (χ1n) is 6.46. The summed E-state index contributed by atoms with van der Waals surface area (Å²) in [6.45, 7) is 1.36. The Balaban J connectivity index is 1.86. The molecule has 2 rings (SSSR count). The summed E-state index contributed by atoms with van der Waals surface area (Å²) in [5.41, 5.74) is 6.88. The van der Waals surface area contributed by atoms with Crippen molar-refractivity contribution in [3.63, 3.8) is 0 Å². The summed E-state index contributed by atoms with van der Waals surface area (Å²) in [5.74, 6) is -0.0938. The van der Waals surface area contributed by atoms with Gasteiger partial charge in [0.25, 0.3) is 5.91 Å². The van der Waals surface area contributed by atoms with Crippen LogP contribution in [-0.4, -0.2) is 30.2 Å². The highest BCUT2D eigenvalue weighted by atomic mass is 32.1. The molecule has 1 aromatic rings. The second kappa shape index (κ2) is 6.63. The van der Waals surface area contributed by atoms with Crippen LogP contribution in [0.1, 0.15) is 35.2 Å². The van der Waals surface area contributed by atoms with Crippen molar-refractivity contribution in [2.24, 2.45) is 5.73 Å². The number of nitrogens with one attached hydrogen (secondary N) is 1. The largest absolute Gasteiger partial charge is 0.389 e. The number of hydrogen-bond acceptors (Lipinski definition) is 3. The molecule has 0 aliphatic carbocycles.